The number of ether oxygens (including phenoxy) is 1. The summed E-state index contributed by atoms with van der Waals surface area (Å²) in [5.41, 5.74) is 6.76. The second kappa shape index (κ2) is 5.82. The van der Waals surface area contributed by atoms with Crippen LogP contribution in [0.4, 0.5) is 0 Å². The van der Waals surface area contributed by atoms with Crippen LogP contribution in [0.3, 0.4) is 0 Å². The van der Waals surface area contributed by atoms with Gasteiger partial charge in [-0.25, -0.2) is 4.79 Å². The maximum atomic E-state index is 11.7. The molecule has 3 heteroatoms. The molecule has 0 fully saturated rings. The molecule has 0 spiro atoms. The summed E-state index contributed by atoms with van der Waals surface area (Å²) in [5.74, 6) is -0.361. The van der Waals surface area contributed by atoms with E-state index in [9.17, 15) is 4.79 Å². The molecule has 0 saturated heterocycles. The van der Waals surface area contributed by atoms with E-state index >= 15 is 0 Å². The number of benzene rings is 1. The summed E-state index contributed by atoms with van der Waals surface area (Å²) in [6.07, 6.45) is 0.834. The number of rotatable bonds is 4. The van der Waals surface area contributed by atoms with Crippen molar-refractivity contribution in [2.24, 2.45) is 11.1 Å². The van der Waals surface area contributed by atoms with Crippen molar-refractivity contribution in [1.82, 2.24) is 0 Å². The maximum absolute atomic E-state index is 11.7. The van der Waals surface area contributed by atoms with Crippen LogP contribution in [-0.4, -0.2) is 12.6 Å². The van der Waals surface area contributed by atoms with Gasteiger partial charge in [0.25, 0.3) is 0 Å². The average molecular weight is 235 g/mol. The zero-order valence-corrected chi connectivity index (χ0v) is 10.8. The van der Waals surface area contributed by atoms with E-state index in [0.717, 1.165) is 12.0 Å². The number of nitrogens with two attached hydrogens (primary N) is 1. The summed E-state index contributed by atoms with van der Waals surface area (Å²) in [6.45, 7) is 6.75. The molecule has 1 aromatic carbocycles. The number of hydrogen-bond donors (Lipinski definition) is 1. The normalized spacial score (nSPS) is 13.2. The van der Waals surface area contributed by atoms with E-state index < -0.39 is 6.04 Å². The third kappa shape index (κ3) is 5.00. The number of carbonyl (C=O) groups excluding carboxylic acids is 1. The lowest BCUT2D eigenvalue weighted by Gasteiger charge is -2.18. The second-order valence-electron chi connectivity index (χ2n) is 5.37. The molecule has 0 aliphatic rings. The number of hydrogen-bond acceptors (Lipinski definition) is 3. The number of esters is 1. The van der Waals surface area contributed by atoms with E-state index in [1.165, 1.54) is 0 Å². The fraction of sp³-hybridized carbons (Fsp3) is 0.500. The molecule has 0 bridgehead atoms. The van der Waals surface area contributed by atoms with Crippen LogP contribution in [0.1, 0.15) is 38.8 Å². The van der Waals surface area contributed by atoms with Gasteiger partial charge >= 0.3 is 5.97 Å². The number of carbonyl (C=O) groups is 1. The van der Waals surface area contributed by atoms with E-state index in [4.69, 9.17) is 10.5 Å². The van der Waals surface area contributed by atoms with E-state index in [1.807, 2.05) is 30.3 Å². The smallest absolute Gasteiger partial charge is 0.327 e. The first kappa shape index (κ1) is 13.7. The molecule has 0 aliphatic heterocycles. The highest BCUT2D eigenvalue weighted by Gasteiger charge is 2.18. The Morgan fingerprint density at radius 1 is 1.29 bits per heavy atom. The Hall–Kier alpha value is -1.35. The topological polar surface area (TPSA) is 52.3 Å². The molecule has 0 saturated carbocycles. The van der Waals surface area contributed by atoms with Crippen LogP contribution in [0.15, 0.2) is 30.3 Å². The van der Waals surface area contributed by atoms with Gasteiger partial charge in [-0.1, -0.05) is 51.1 Å². The molecule has 1 rings (SSSR count). The Bertz CT molecular complexity index is 354. The molecule has 3 nitrogen and oxygen atoms in total. The average Bonchev–Trinajstić information content (AvgIpc) is 2.27. The third-order valence-electron chi connectivity index (χ3n) is 2.51. The quantitative estimate of drug-likeness (QED) is 0.816. The zero-order valence-electron chi connectivity index (χ0n) is 10.8. The Kier molecular flexibility index (Phi) is 4.70. The minimum Gasteiger partial charge on any atom is -0.464 e. The highest BCUT2D eigenvalue weighted by molar-refractivity contribution is 5.77. The Morgan fingerprint density at radius 2 is 1.88 bits per heavy atom. The fourth-order valence-electron chi connectivity index (χ4n) is 1.34. The lowest BCUT2D eigenvalue weighted by Crippen LogP contribution is -2.25. The van der Waals surface area contributed by atoms with Crippen molar-refractivity contribution in [1.29, 1.82) is 0 Å². The second-order valence-corrected chi connectivity index (χ2v) is 5.37. The van der Waals surface area contributed by atoms with Crippen molar-refractivity contribution in [3.05, 3.63) is 35.9 Å². The third-order valence-corrected chi connectivity index (χ3v) is 2.51. The first-order valence-corrected chi connectivity index (χ1v) is 5.87. The molecule has 0 amide bonds. The highest BCUT2D eigenvalue weighted by atomic mass is 16.5. The minimum absolute atomic E-state index is 0.164. The van der Waals surface area contributed by atoms with Crippen LogP contribution in [0.5, 0.6) is 0 Å². The largest absolute Gasteiger partial charge is 0.464 e. The van der Waals surface area contributed by atoms with Crippen LogP contribution in [-0.2, 0) is 9.53 Å². The van der Waals surface area contributed by atoms with Gasteiger partial charge in [0.15, 0.2) is 0 Å². The van der Waals surface area contributed by atoms with E-state index in [-0.39, 0.29) is 11.4 Å². The summed E-state index contributed by atoms with van der Waals surface area (Å²) in [7, 11) is 0. The summed E-state index contributed by atoms with van der Waals surface area (Å²) < 4.78 is 5.17. The first-order chi connectivity index (χ1) is 7.90. The SMILES string of the molecule is CC(C)(C)CCOC(=O)[C@H](N)c1ccccc1. The van der Waals surface area contributed by atoms with Crippen LogP contribution in [0.2, 0.25) is 0 Å². The van der Waals surface area contributed by atoms with Crippen molar-refractivity contribution in [2.45, 2.75) is 33.2 Å². The van der Waals surface area contributed by atoms with Gasteiger partial charge in [-0.2, -0.15) is 0 Å². The van der Waals surface area contributed by atoms with Gasteiger partial charge < -0.3 is 10.5 Å². The minimum atomic E-state index is -0.684. The lowest BCUT2D eigenvalue weighted by molar-refractivity contribution is -0.146. The maximum Gasteiger partial charge on any atom is 0.327 e. The molecule has 0 aromatic heterocycles. The van der Waals surface area contributed by atoms with Gasteiger partial charge in [-0.3, -0.25) is 0 Å². The van der Waals surface area contributed by atoms with Crippen molar-refractivity contribution >= 4 is 5.97 Å². The molecular formula is C14H21NO2. The molecule has 94 valence electrons. The van der Waals surface area contributed by atoms with Crippen molar-refractivity contribution in [3.63, 3.8) is 0 Å². The first-order valence-electron chi connectivity index (χ1n) is 5.87. The van der Waals surface area contributed by atoms with Gasteiger partial charge in [-0.15, -0.1) is 0 Å². The summed E-state index contributed by atoms with van der Waals surface area (Å²) in [4.78, 5) is 11.7. The molecule has 0 heterocycles. The molecule has 0 radical (unpaired) electrons. The Morgan fingerprint density at radius 3 is 2.41 bits per heavy atom. The lowest BCUT2D eigenvalue weighted by atomic mass is 9.93. The van der Waals surface area contributed by atoms with Crippen LogP contribution in [0, 0.1) is 5.41 Å². The Labute approximate surface area is 103 Å². The van der Waals surface area contributed by atoms with E-state index in [0.29, 0.717) is 6.61 Å². The molecule has 0 aliphatic carbocycles. The summed E-state index contributed by atoms with van der Waals surface area (Å²) in [6, 6.07) is 8.58. The predicted octanol–water partition coefficient (Wildman–Crippen LogP) is 2.67. The van der Waals surface area contributed by atoms with Gasteiger partial charge in [0.1, 0.15) is 6.04 Å². The molecule has 17 heavy (non-hydrogen) atoms. The van der Waals surface area contributed by atoms with Crippen LogP contribution < -0.4 is 5.73 Å². The van der Waals surface area contributed by atoms with Gasteiger partial charge in [0.05, 0.1) is 6.61 Å². The monoisotopic (exact) mass is 235 g/mol. The van der Waals surface area contributed by atoms with Crippen LogP contribution >= 0.6 is 0 Å². The van der Waals surface area contributed by atoms with E-state index in [1.54, 1.807) is 0 Å². The van der Waals surface area contributed by atoms with Gasteiger partial charge in [0.2, 0.25) is 0 Å². The van der Waals surface area contributed by atoms with E-state index in [2.05, 4.69) is 20.8 Å². The summed E-state index contributed by atoms with van der Waals surface area (Å²) in [5, 5.41) is 0. The Balaban J connectivity index is 2.43. The molecule has 0 unspecified atom stereocenters. The van der Waals surface area contributed by atoms with Crippen molar-refractivity contribution < 1.29 is 9.53 Å². The van der Waals surface area contributed by atoms with Crippen molar-refractivity contribution in [2.75, 3.05) is 6.61 Å². The van der Waals surface area contributed by atoms with Crippen molar-refractivity contribution in [3.8, 4) is 0 Å². The highest BCUT2D eigenvalue weighted by Crippen LogP contribution is 2.19. The standard InChI is InChI=1S/C14H21NO2/c1-14(2,3)9-10-17-13(16)12(15)11-7-5-4-6-8-11/h4-8,12H,9-10,15H2,1-3H3/t12-/m1/s1. The zero-order chi connectivity index (χ0) is 12.9. The predicted molar refractivity (Wildman–Crippen MR) is 68.4 cm³/mol. The molecule has 2 N–H and O–H groups in total. The van der Waals surface area contributed by atoms with Gasteiger partial charge in [-0.05, 0) is 17.4 Å². The van der Waals surface area contributed by atoms with Crippen LogP contribution in [0.25, 0.3) is 0 Å². The van der Waals surface area contributed by atoms with Gasteiger partial charge in [0, 0.05) is 0 Å². The molecule has 1 atom stereocenters. The fourth-order valence-corrected chi connectivity index (χ4v) is 1.34. The summed E-state index contributed by atoms with van der Waals surface area (Å²) >= 11 is 0. The molecule has 1 aromatic rings. The molecular weight excluding hydrogens is 214 g/mol.